The lowest BCUT2D eigenvalue weighted by atomic mass is 9.76. The van der Waals surface area contributed by atoms with Crippen molar-refractivity contribution in [2.24, 2.45) is 0 Å². The van der Waals surface area contributed by atoms with E-state index in [-0.39, 0.29) is 11.5 Å². The second kappa shape index (κ2) is 6.47. The number of amides is 1. The van der Waals surface area contributed by atoms with E-state index < -0.39 is 5.60 Å². The van der Waals surface area contributed by atoms with Crippen LogP contribution in [0.4, 0.5) is 10.5 Å². The van der Waals surface area contributed by atoms with E-state index in [2.05, 4.69) is 26.7 Å². The molecule has 154 valence electrons. The second-order valence-corrected chi connectivity index (χ2v) is 9.63. The largest absolute Gasteiger partial charge is 0.444 e. The summed E-state index contributed by atoms with van der Waals surface area (Å²) in [7, 11) is 0. The molecule has 29 heavy (non-hydrogen) atoms. The van der Waals surface area contributed by atoms with Crippen LogP contribution in [0.25, 0.3) is 11.3 Å². The second-order valence-electron chi connectivity index (χ2n) is 9.63. The highest BCUT2D eigenvalue weighted by Gasteiger charge is 2.52. The highest BCUT2D eigenvalue weighted by atomic mass is 16.6. The molecule has 7 nitrogen and oxygen atoms in total. The molecule has 0 atom stereocenters. The van der Waals surface area contributed by atoms with Crippen LogP contribution in [0.3, 0.4) is 0 Å². The average molecular weight is 396 g/mol. The molecule has 2 aromatic rings. The minimum absolute atomic E-state index is 0.0160. The number of likely N-dealkylation sites (tertiary alicyclic amines) is 1. The van der Waals surface area contributed by atoms with Crippen LogP contribution >= 0.6 is 0 Å². The standard InChI is InChI=1S/C22H29N5O2/c1-21(2,3)29-20(28)26-14-22(15-26)6-9-27-19(22)11-18(24-27)16-10-17(13-23-12-16)25-7-4-5-8-25/h10-13H,4-9,14-15H2,1-3H3. The van der Waals surface area contributed by atoms with Crippen molar-refractivity contribution in [3.63, 3.8) is 0 Å². The number of fused-ring (bicyclic) bond motifs is 2. The third kappa shape index (κ3) is 3.26. The molecule has 0 radical (unpaired) electrons. The monoisotopic (exact) mass is 395 g/mol. The van der Waals surface area contributed by atoms with Gasteiger partial charge in [0.2, 0.25) is 0 Å². The fraction of sp³-hybridized carbons (Fsp3) is 0.591. The van der Waals surface area contributed by atoms with Crippen LogP contribution in [0.1, 0.15) is 45.7 Å². The third-order valence-corrected chi connectivity index (χ3v) is 6.26. The molecule has 5 heterocycles. The third-order valence-electron chi connectivity index (χ3n) is 6.26. The molecule has 2 aromatic heterocycles. The highest BCUT2D eigenvalue weighted by molar-refractivity contribution is 5.71. The lowest BCUT2D eigenvalue weighted by molar-refractivity contribution is -0.00969. The number of hydrogen-bond acceptors (Lipinski definition) is 5. The number of ether oxygens (including phenoxy) is 1. The van der Waals surface area contributed by atoms with Crippen molar-refractivity contribution in [3.05, 3.63) is 30.2 Å². The Morgan fingerprint density at radius 2 is 1.86 bits per heavy atom. The van der Waals surface area contributed by atoms with Crippen molar-refractivity contribution in [3.8, 4) is 11.3 Å². The normalized spacial score (nSPS) is 20.1. The molecule has 0 bridgehead atoms. The summed E-state index contributed by atoms with van der Waals surface area (Å²) in [4.78, 5) is 21.0. The summed E-state index contributed by atoms with van der Waals surface area (Å²) in [6, 6.07) is 4.40. The molecule has 1 spiro atoms. The minimum atomic E-state index is -0.461. The Morgan fingerprint density at radius 1 is 1.10 bits per heavy atom. The van der Waals surface area contributed by atoms with Crippen molar-refractivity contribution >= 4 is 11.8 Å². The van der Waals surface area contributed by atoms with E-state index in [9.17, 15) is 4.79 Å². The van der Waals surface area contributed by atoms with Gasteiger partial charge in [-0.2, -0.15) is 5.10 Å². The van der Waals surface area contributed by atoms with Crippen LogP contribution < -0.4 is 4.90 Å². The summed E-state index contributed by atoms with van der Waals surface area (Å²) < 4.78 is 7.64. The summed E-state index contributed by atoms with van der Waals surface area (Å²) >= 11 is 0. The molecule has 0 unspecified atom stereocenters. The summed E-state index contributed by atoms with van der Waals surface area (Å²) in [5.41, 5.74) is 4.01. The molecule has 0 saturated carbocycles. The molecular formula is C22H29N5O2. The van der Waals surface area contributed by atoms with Gasteiger partial charge in [0, 0.05) is 55.6 Å². The van der Waals surface area contributed by atoms with Gasteiger partial charge in [-0.1, -0.05) is 0 Å². The zero-order chi connectivity index (χ0) is 20.2. The van der Waals surface area contributed by atoms with E-state index in [1.165, 1.54) is 24.2 Å². The number of aromatic nitrogens is 3. The van der Waals surface area contributed by atoms with Gasteiger partial charge in [0.25, 0.3) is 0 Å². The summed E-state index contributed by atoms with van der Waals surface area (Å²) in [5, 5.41) is 4.86. The molecule has 3 aliphatic rings. The first-order valence-corrected chi connectivity index (χ1v) is 10.6. The molecular weight excluding hydrogens is 366 g/mol. The topological polar surface area (TPSA) is 63.5 Å². The van der Waals surface area contributed by atoms with Crippen LogP contribution in [0, 0.1) is 0 Å². The van der Waals surface area contributed by atoms with Crippen LogP contribution in [-0.2, 0) is 16.7 Å². The average Bonchev–Trinajstić information content (AvgIpc) is 3.35. The first-order chi connectivity index (χ1) is 13.8. The highest BCUT2D eigenvalue weighted by Crippen LogP contribution is 2.44. The number of anilines is 1. The maximum absolute atomic E-state index is 12.4. The predicted octanol–water partition coefficient (Wildman–Crippen LogP) is 3.44. The van der Waals surface area contributed by atoms with Gasteiger partial charge in [0.05, 0.1) is 17.6 Å². The summed E-state index contributed by atoms with van der Waals surface area (Å²) in [6.45, 7) is 10.2. The molecule has 1 amide bonds. The molecule has 0 N–H and O–H groups in total. The van der Waals surface area contributed by atoms with Crippen LogP contribution in [0.15, 0.2) is 24.5 Å². The summed E-state index contributed by atoms with van der Waals surface area (Å²) in [5.74, 6) is 0. The van der Waals surface area contributed by atoms with Gasteiger partial charge < -0.3 is 14.5 Å². The number of nitrogens with zero attached hydrogens (tertiary/aromatic N) is 5. The van der Waals surface area contributed by atoms with Gasteiger partial charge in [-0.05, 0) is 52.2 Å². The fourth-order valence-electron chi connectivity index (χ4n) is 4.78. The number of carbonyl (C=O) groups excluding carboxylic acids is 1. The number of pyridine rings is 1. The van der Waals surface area contributed by atoms with Crippen molar-refractivity contribution in [1.82, 2.24) is 19.7 Å². The van der Waals surface area contributed by atoms with Crippen LogP contribution in [0.2, 0.25) is 0 Å². The summed E-state index contributed by atoms with van der Waals surface area (Å²) in [6.07, 6.45) is 7.16. The van der Waals surface area contributed by atoms with Gasteiger partial charge in [0.15, 0.2) is 0 Å². The van der Waals surface area contributed by atoms with E-state index in [0.29, 0.717) is 13.1 Å². The Balaban J connectivity index is 1.34. The van der Waals surface area contributed by atoms with E-state index in [4.69, 9.17) is 9.84 Å². The van der Waals surface area contributed by atoms with Gasteiger partial charge in [0.1, 0.15) is 5.60 Å². The van der Waals surface area contributed by atoms with Gasteiger partial charge in [-0.25, -0.2) is 4.79 Å². The molecule has 2 saturated heterocycles. The van der Waals surface area contributed by atoms with Crippen molar-refractivity contribution < 1.29 is 9.53 Å². The van der Waals surface area contributed by atoms with Crippen molar-refractivity contribution in [2.75, 3.05) is 31.1 Å². The zero-order valence-electron chi connectivity index (χ0n) is 17.5. The smallest absolute Gasteiger partial charge is 0.410 e. The van der Waals surface area contributed by atoms with Crippen LogP contribution in [-0.4, -0.2) is 57.5 Å². The molecule has 2 fully saturated rings. The van der Waals surface area contributed by atoms with Crippen LogP contribution in [0.5, 0.6) is 0 Å². The maximum Gasteiger partial charge on any atom is 0.410 e. The van der Waals surface area contributed by atoms with Crippen molar-refractivity contribution in [2.45, 2.75) is 57.6 Å². The van der Waals surface area contributed by atoms with Crippen molar-refractivity contribution in [1.29, 1.82) is 0 Å². The fourth-order valence-corrected chi connectivity index (χ4v) is 4.78. The van der Waals surface area contributed by atoms with E-state index in [1.807, 2.05) is 38.1 Å². The Labute approximate surface area is 171 Å². The Hall–Kier alpha value is -2.57. The molecule has 7 heteroatoms. The zero-order valence-corrected chi connectivity index (χ0v) is 17.5. The first-order valence-electron chi connectivity index (χ1n) is 10.6. The van der Waals surface area contributed by atoms with Gasteiger partial charge in [-0.3, -0.25) is 9.67 Å². The van der Waals surface area contributed by atoms with E-state index in [1.54, 1.807) is 0 Å². The Morgan fingerprint density at radius 3 is 2.59 bits per heavy atom. The van der Waals surface area contributed by atoms with Gasteiger partial charge in [-0.15, -0.1) is 0 Å². The molecule has 3 aliphatic heterocycles. The predicted molar refractivity (Wildman–Crippen MR) is 111 cm³/mol. The maximum atomic E-state index is 12.4. The number of aryl methyl sites for hydroxylation is 1. The molecule has 5 rings (SSSR count). The Kier molecular flexibility index (Phi) is 4.12. The number of rotatable bonds is 2. The lowest BCUT2D eigenvalue weighted by Gasteiger charge is -2.47. The Bertz CT molecular complexity index is 933. The van der Waals surface area contributed by atoms with Gasteiger partial charge >= 0.3 is 6.09 Å². The van der Waals surface area contributed by atoms with E-state index >= 15 is 0 Å². The van der Waals surface area contributed by atoms with E-state index in [0.717, 1.165) is 37.3 Å². The quantitative estimate of drug-likeness (QED) is 0.779. The first kappa shape index (κ1) is 18.5. The number of hydrogen-bond donors (Lipinski definition) is 0. The molecule has 0 aliphatic carbocycles. The lowest BCUT2D eigenvalue weighted by Crippen LogP contribution is -2.61. The minimum Gasteiger partial charge on any atom is -0.444 e. The SMILES string of the molecule is CC(C)(C)OC(=O)N1CC2(CCn3nc(-c4cncc(N5CCCC5)c4)cc32)C1. The number of carbonyl (C=O) groups is 1. The molecule has 0 aromatic carbocycles.